The molecule has 1 rings (SSSR count). The minimum atomic E-state index is -0.331. The standard InChI is InChI=1S/C16H22O3/c1-3-4-5-6-7-14-12-15(17)10-8-13(14)9-11-16(18)19-2/h3-5,9,11,13-14H,1,6-8,10,12H2,2H3/b5-4+,11-9+/t13-,14+/m1/s1. The fourth-order valence-corrected chi connectivity index (χ4v) is 2.45. The number of methoxy groups -OCH3 is 1. The van der Waals surface area contributed by atoms with Crippen LogP contribution in [0.1, 0.15) is 32.1 Å². The van der Waals surface area contributed by atoms with Gasteiger partial charge in [-0.3, -0.25) is 4.79 Å². The number of hydrogen-bond donors (Lipinski definition) is 0. The van der Waals surface area contributed by atoms with Crippen LogP contribution in [0.3, 0.4) is 0 Å². The van der Waals surface area contributed by atoms with Crippen molar-refractivity contribution in [1.82, 2.24) is 0 Å². The highest BCUT2D eigenvalue weighted by Crippen LogP contribution is 2.32. The molecule has 0 aromatic carbocycles. The van der Waals surface area contributed by atoms with Crippen LogP contribution in [0.4, 0.5) is 0 Å². The number of ether oxygens (including phenoxy) is 1. The van der Waals surface area contributed by atoms with Gasteiger partial charge in [0.2, 0.25) is 0 Å². The van der Waals surface area contributed by atoms with Crippen LogP contribution in [-0.2, 0) is 14.3 Å². The van der Waals surface area contributed by atoms with E-state index in [4.69, 9.17) is 0 Å². The molecule has 0 aromatic rings. The normalized spacial score (nSPS) is 23.9. The molecule has 3 heteroatoms. The Morgan fingerprint density at radius 3 is 3.00 bits per heavy atom. The van der Waals surface area contributed by atoms with Crippen LogP contribution in [0.5, 0.6) is 0 Å². The Balaban J connectivity index is 2.56. The second-order valence-electron chi connectivity index (χ2n) is 4.83. The summed E-state index contributed by atoms with van der Waals surface area (Å²) in [7, 11) is 1.37. The molecule has 3 nitrogen and oxygen atoms in total. The van der Waals surface area contributed by atoms with Gasteiger partial charge in [0.05, 0.1) is 7.11 Å². The first-order valence-corrected chi connectivity index (χ1v) is 6.72. The lowest BCUT2D eigenvalue weighted by molar-refractivity contribution is -0.134. The number of carbonyl (C=O) groups is 2. The van der Waals surface area contributed by atoms with Crippen molar-refractivity contribution in [3.05, 3.63) is 37.0 Å². The monoisotopic (exact) mass is 262 g/mol. The molecule has 0 heterocycles. The van der Waals surface area contributed by atoms with Crippen molar-refractivity contribution >= 4 is 11.8 Å². The maximum absolute atomic E-state index is 11.6. The molecule has 0 radical (unpaired) electrons. The van der Waals surface area contributed by atoms with Crippen LogP contribution in [0.25, 0.3) is 0 Å². The number of carbonyl (C=O) groups excluding carboxylic acids is 2. The van der Waals surface area contributed by atoms with Gasteiger partial charge in [0.1, 0.15) is 5.78 Å². The smallest absolute Gasteiger partial charge is 0.330 e. The first kappa shape index (κ1) is 15.4. The predicted molar refractivity (Wildman–Crippen MR) is 75.6 cm³/mol. The fraction of sp³-hybridized carbons (Fsp3) is 0.500. The summed E-state index contributed by atoms with van der Waals surface area (Å²) in [5, 5.41) is 0. The molecule has 1 fully saturated rings. The van der Waals surface area contributed by atoms with Gasteiger partial charge in [-0.05, 0) is 31.1 Å². The Morgan fingerprint density at radius 1 is 1.53 bits per heavy atom. The van der Waals surface area contributed by atoms with Crippen molar-refractivity contribution in [1.29, 1.82) is 0 Å². The third-order valence-corrected chi connectivity index (χ3v) is 3.51. The Morgan fingerprint density at radius 2 is 2.32 bits per heavy atom. The summed E-state index contributed by atoms with van der Waals surface area (Å²) in [6.07, 6.45) is 13.1. The number of esters is 1. The fourth-order valence-electron chi connectivity index (χ4n) is 2.45. The van der Waals surface area contributed by atoms with Gasteiger partial charge in [-0.1, -0.05) is 30.9 Å². The van der Waals surface area contributed by atoms with Crippen molar-refractivity contribution in [3.63, 3.8) is 0 Å². The number of Topliss-reactive ketones (excluding diaryl/α,β-unsaturated/α-hetero) is 1. The molecule has 0 saturated heterocycles. The maximum Gasteiger partial charge on any atom is 0.330 e. The largest absolute Gasteiger partial charge is 0.466 e. The number of allylic oxidation sites excluding steroid dienone is 4. The average molecular weight is 262 g/mol. The summed E-state index contributed by atoms with van der Waals surface area (Å²) in [5.41, 5.74) is 0. The van der Waals surface area contributed by atoms with Crippen LogP contribution in [0.15, 0.2) is 37.0 Å². The zero-order chi connectivity index (χ0) is 14.1. The Labute approximate surface area is 115 Å². The van der Waals surface area contributed by atoms with Crippen LogP contribution in [0.2, 0.25) is 0 Å². The second kappa shape index (κ2) is 8.46. The summed E-state index contributed by atoms with van der Waals surface area (Å²) in [6, 6.07) is 0. The van der Waals surface area contributed by atoms with E-state index in [2.05, 4.69) is 17.4 Å². The minimum Gasteiger partial charge on any atom is -0.466 e. The predicted octanol–water partition coefficient (Wildman–Crippen LogP) is 3.22. The van der Waals surface area contributed by atoms with Crippen molar-refractivity contribution in [2.45, 2.75) is 32.1 Å². The Bertz CT molecular complexity index is 379. The molecule has 0 bridgehead atoms. The molecule has 1 saturated carbocycles. The average Bonchev–Trinajstić information content (AvgIpc) is 2.42. The van der Waals surface area contributed by atoms with Gasteiger partial charge in [-0.2, -0.15) is 0 Å². The molecule has 104 valence electrons. The van der Waals surface area contributed by atoms with Gasteiger partial charge in [-0.15, -0.1) is 0 Å². The molecule has 0 aliphatic heterocycles. The highest BCUT2D eigenvalue weighted by Gasteiger charge is 2.27. The van der Waals surface area contributed by atoms with Crippen molar-refractivity contribution in [3.8, 4) is 0 Å². The van der Waals surface area contributed by atoms with E-state index in [0.29, 0.717) is 30.5 Å². The lowest BCUT2D eigenvalue weighted by Crippen LogP contribution is -2.23. The van der Waals surface area contributed by atoms with E-state index in [1.54, 1.807) is 6.08 Å². The van der Waals surface area contributed by atoms with E-state index in [1.807, 2.05) is 12.2 Å². The van der Waals surface area contributed by atoms with E-state index in [1.165, 1.54) is 13.2 Å². The molecular weight excluding hydrogens is 240 g/mol. The summed E-state index contributed by atoms with van der Waals surface area (Å²) in [4.78, 5) is 22.7. The molecule has 0 amide bonds. The van der Waals surface area contributed by atoms with Crippen LogP contribution in [0, 0.1) is 11.8 Å². The number of rotatable bonds is 6. The molecule has 19 heavy (non-hydrogen) atoms. The highest BCUT2D eigenvalue weighted by molar-refractivity contribution is 5.82. The molecule has 0 N–H and O–H groups in total. The van der Waals surface area contributed by atoms with E-state index in [0.717, 1.165) is 19.3 Å². The van der Waals surface area contributed by atoms with Gasteiger partial charge in [-0.25, -0.2) is 4.79 Å². The quantitative estimate of drug-likeness (QED) is 0.419. The minimum absolute atomic E-state index is 0.300. The first-order chi connectivity index (χ1) is 9.17. The van der Waals surface area contributed by atoms with E-state index in [9.17, 15) is 9.59 Å². The lowest BCUT2D eigenvalue weighted by atomic mass is 9.76. The first-order valence-electron chi connectivity index (χ1n) is 6.72. The van der Waals surface area contributed by atoms with Crippen LogP contribution >= 0.6 is 0 Å². The van der Waals surface area contributed by atoms with E-state index < -0.39 is 0 Å². The molecule has 1 aliphatic carbocycles. The van der Waals surface area contributed by atoms with Crippen LogP contribution < -0.4 is 0 Å². The Kier molecular flexibility index (Phi) is 6.86. The summed E-state index contributed by atoms with van der Waals surface area (Å²) >= 11 is 0. The SMILES string of the molecule is C=C/C=C/CC[C@H]1CC(=O)CC[C@@H]1/C=C/C(=O)OC. The number of ketones is 1. The zero-order valence-electron chi connectivity index (χ0n) is 11.5. The maximum atomic E-state index is 11.6. The Hall–Kier alpha value is -1.64. The summed E-state index contributed by atoms with van der Waals surface area (Å²) in [5.74, 6) is 0.633. The van der Waals surface area contributed by atoms with Crippen molar-refractivity contribution in [2.24, 2.45) is 11.8 Å². The third kappa shape index (κ3) is 5.69. The molecule has 2 atom stereocenters. The highest BCUT2D eigenvalue weighted by atomic mass is 16.5. The van der Waals surface area contributed by atoms with Crippen molar-refractivity contribution in [2.75, 3.05) is 7.11 Å². The van der Waals surface area contributed by atoms with Gasteiger partial charge >= 0.3 is 5.97 Å². The zero-order valence-corrected chi connectivity index (χ0v) is 11.5. The third-order valence-electron chi connectivity index (χ3n) is 3.51. The lowest BCUT2D eigenvalue weighted by Gasteiger charge is -2.28. The molecule has 0 unspecified atom stereocenters. The van der Waals surface area contributed by atoms with Gasteiger partial charge in [0, 0.05) is 18.9 Å². The topological polar surface area (TPSA) is 43.4 Å². The van der Waals surface area contributed by atoms with Gasteiger partial charge < -0.3 is 4.74 Å². The molecular formula is C16H22O3. The van der Waals surface area contributed by atoms with Gasteiger partial charge in [0.25, 0.3) is 0 Å². The summed E-state index contributed by atoms with van der Waals surface area (Å²) < 4.78 is 4.60. The van der Waals surface area contributed by atoms with Crippen molar-refractivity contribution < 1.29 is 14.3 Å². The van der Waals surface area contributed by atoms with Crippen LogP contribution in [-0.4, -0.2) is 18.9 Å². The summed E-state index contributed by atoms with van der Waals surface area (Å²) in [6.45, 7) is 3.63. The second-order valence-corrected chi connectivity index (χ2v) is 4.83. The number of hydrogen-bond acceptors (Lipinski definition) is 3. The molecule has 0 aromatic heterocycles. The molecule has 1 aliphatic rings. The molecule has 0 spiro atoms. The van der Waals surface area contributed by atoms with E-state index >= 15 is 0 Å². The van der Waals surface area contributed by atoms with Gasteiger partial charge in [0.15, 0.2) is 0 Å². The van der Waals surface area contributed by atoms with E-state index in [-0.39, 0.29) is 5.97 Å².